The highest BCUT2D eigenvalue weighted by Crippen LogP contribution is 2.26. The van der Waals surface area contributed by atoms with E-state index in [1.54, 1.807) is 4.68 Å². The van der Waals surface area contributed by atoms with Gasteiger partial charge in [-0.15, -0.1) is 0 Å². The van der Waals surface area contributed by atoms with E-state index in [2.05, 4.69) is 5.10 Å². The van der Waals surface area contributed by atoms with Crippen molar-refractivity contribution in [2.24, 2.45) is 0 Å². The third-order valence-electron chi connectivity index (χ3n) is 4.67. The van der Waals surface area contributed by atoms with Crippen molar-refractivity contribution in [2.45, 2.75) is 12.1 Å². The van der Waals surface area contributed by atoms with E-state index in [9.17, 15) is 14.7 Å². The normalized spacial score (nSPS) is 18.2. The first-order valence-corrected chi connectivity index (χ1v) is 8.03. The average molecular weight is 342 g/mol. The summed E-state index contributed by atoms with van der Waals surface area (Å²) in [5.74, 6) is -0.459. The monoisotopic (exact) mass is 342 g/mol. The lowest BCUT2D eigenvalue weighted by molar-refractivity contribution is -0.162. The fraction of sp³-hybridized carbons (Fsp3) is 0.353. The molecule has 2 aromatic rings. The lowest BCUT2D eigenvalue weighted by atomic mass is 9.95. The van der Waals surface area contributed by atoms with Crippen LogP contribution in [0.5, 0.6) is 0 Å². The Labute approximate surface area is 143 Å². The minimum Gasteiger partial charge on any atom is -0.393 e. The molecule has 0 radical (unpaired) electrons. The molecule has 8 nitrogen and oxygen atoms in total. The molecule has 130 valence electrons. The third kappa shape index (κ3) is 2.59. The molecule has 2 N–H and O–H groups in total. The summed E-state index contributed by atoms with van der Waals surface area (Å²) in [7, 11) is 0. The molecule has 2 amide bonds. The van der Waals surface area contributed by atoms with Crippen LogP contribution in [0.2, 0.25) is 0 Å². The van der Waals surface area contributed by atoms with Gasteiger partial charge in [0.15, 0.2) is 0 Å². The van der Waals surface area contributed by atoms with Gasteiger partial charge in [0.05, 0.1) is 49.4 Å². The van der Waals surface area contributed by atoms with E-state index in [1.807, 2.05) is 30.3 Å². The van der Waals surface area contributed by atoms with E-state index in [4.69, 9.17) is 5.11 Å². The van der Waals surface area contributed by atoms with Crippen molar-refractivity contribution >= 4 is 11.8 Å². The fourth-order valence-electron chi connectivity index (χ4n) is 3.25. The maximum atomic E-state index is 12.5. The van der Waals surface area contributed by atoms with Crippen LogP contribution in [-0.2, 0) is 11.3 Å². The van der Waals surface area contributed by atoms with Crippen LogP contribution < -0.4 is 0 Å². The number of likely N-dealkylation sites (tertiary alicyclic amines) is 1. The molecule has 2 aliphatic heterocycles. The molecular formula is C17H18N4O4. The van der Waals surface area contributed by atoms with Gasteiger partial charge in [0.1, 0.15) is 12.1 Å². The molecule has 3 heterocycles. The van der Waals surface area contributed by atoms with Gasteiger partial charge in [-0.2, -0.15) is 5.10 Å². The third-order valence-corrected chi connectivity index (χ3v) is 4.67. The predicted molar refractivity (Wildman–Crippen MR) is 86.9 cm³/mol. The molecule has 0 saturated carbocycles. The van der Waals surface area contributed by atoms with Crippen molar-refractivity contribution in [2.75, 3.05) is 26.2 Å². The smallest absolute Gasteiger partial charge is 0.258 e. The summed E-state index contributed by atoms with van der Waals surface area (Å²) in [5, 5.41) is 23.1. The number of para-hydroxylation sites is 1. The zero-order valence-corrected chi connectivity index (χ0v) is 13.5. The molecule has 0 atom stereocenters. The second-order valence-corrected chi connectivity index (χ2v) is 6.55. The number of carbonyl (C=O) groups is 2. The Morgan fingerprint density at radius 1 is 1.24 bits per heavy atom. The van der Waals surface area contributed by atoms with Crippen molar-refractivity contribution in [3.05, 3.63) is 47.8 Å². The van der Waals surface area contributed by atoms with Gasteiger partial charge in [-0.05, 0) is 12.1 Å². The summed E-state index contributed by atoms with van der Waals surface area (Å²) in [6.07, 6.45) is 1.53. The van der Waals surface area contributed by atoms with Crippen molar-refractivity contribution in [1.29, 1.82) is 0 Å². The van der Waals surface area contributed by atoms with E-state index < -0.39 is 5.60 Å². The molecule has 25 heavy (non-hydrogen) atoms. The molecule has 8 heteroatoms. The van der Waals surface area contributed by atoms with Gasteiger partial charge in [0.2, 0.25) is 5.91 Å². The first kappa shape index (κ1) is 15.8. The molecular weight excluding hydrogens is 324 g/mol. The van der Waals surface area contributed by atoms with Crippen molar-refractivity contribution in [1.82, 2.24) is 19.6 Å². The minimum atomic E-state index is -1.21. The van der Waals surface area contributed by atoms with Crippen LogP contribution >= 0.6 is 0 Å². The Morgan fingerprint density at radius 2 is 1.96 bits per heavy atom. The van der Waals surface area contributed by atoms with Crippen LogP contribution in [0.4, 0.5) is 0 Å². The standard InChI is InChI=1S/C17H18N4O4/c22-11-17(25)9-20(10-17)15(23)8-19-7-14-13(16(19)24)6-18-21(14)12-4-2-1-3-5-12/h1-6,22,25H,7-11H2. The summed E-state index contributed by atoms with van der Waals surface area (Å²) < 4.78 is 1.71. The molecule has 2 aliphatic rings. The van der Waals surface area contributed by atoms with Crippen molar-refractivity contribution in [3.63, 3.8) is 0 Å². The SMILES string of the molecule is O=C(CN1Cc2c(cnn2-c2ccccc2)C1=O)N1CC(O)(CO)C1. The quantitative estimate of drug-likeness (QED) is 0.773. The van der Waals surface area contributed by atoms with Gasteiger partial charge < -0.3 is 20.0 Å². The Bertz CT molecular complexity index is 826. The molecule has 0 aliphatic carbocycles. The number of hydrogen-bond acceptors (Lipinski definition) is 5. The highest BCUT2D eigenvalue weighted by Gasteiger charge is 2.44. The molecule has 4 rings (SSSR count). The number of aromatic nitrogens is 2. The predicted octanol–water partition coefficient (Wildman–Crippen LogP) is -0.606. The number of aliphatic hydroxyl groups is 2. The zero-order chi connectivity index (χ0) is 17.6. The van der Waals surface area contributed by atoms with Crippen LogP contribution in [0.3, 0.4) is 0 Å². The highest BCUT2D eigenvalue weighted by atomic mass is 16.3. The summed E-state index contributed by atoms with van der Waals surface area (Å²) in [5.41, 5.74) is 0.925. The fourth-order valence-corrected chi connectivity index (χ4v) is 3.25. The Kier molecular flexibility index (Phi) is 3.59. The van der Waals surface area contributed by atoms with Gasteiger partial charge in [-0.3, -0.25) is 9.59 Å². The van der Waals surface area contributed by atoms with E-state index in [0.29, 0.717) is 12.1 Å². The Hall–Kier alpha value is -2.71. The van der Waals surface area contributed by atoms with Gasteiger partial charge in [0, 0.05) is 0 Å². The first-order chi connectivity index (χ1) is 12.0. The summed E-state index contributed by atoms with van der Waals surface area (Å²) in [4.78, 5) is 27.7. The van der Waals surface area contributed by atoms with Crippen LogP contribution in [0.15, 0.2) is 36.5 Å². The lowest BCUT2D eigenvalue weighted by Gasteiger charge is -2.45. The number of β-amino-alcohol motifs (C(OH)–C–C–N with tert-alkyl or cyclic N) is 1. The number of hydrogen-bond donors (Lipinski definition) is 2. The Morgan fingerprint density at radius 3 is 2.64 bits per heavy atom. The minimum absolute atomic E-state index is 0.0518. The molecule has 0 spiro atoms. The molecule has 1 aromatic carbocycles. The number of carbonyl (C=O) groups excluding carboxylic acids is 2. The topological polar surface area (TPSA) is 98.9 Å². The number of benzene rings is 1. The second kappa shape index (κ2) is 5.68. The second-order valence-electron chi connectivity index (χ2n) is 6.55. The molecule has 0 bridgehead atoms. The highest BCUT2D eigenvalue weighted by molar-refractivity contribution is 5.99. The van der Waals surface area contributed by atoms with Crippen molar-refractivity contribution < 1.29 is 19.8 Å². The van der Waals surface area contributed by atoms with Crippen LogP contribution in [0, 0.1) is 0 Å². The van der Waals surface area contributed by atoms with E-state index in [1.165, 1.54) is 16.0 Å². The van der Waals surface area contributed by atoms with E-state index in [0.717, 1.165) is 11.4 Å². The maximum Gasteiger partial charge on any atom is 0.258 e. The van der Waals surface area contributed by atoms with Gasteiger partial charge >= 0.3 is 0 Å². The molecule has 1 fully saturated rings. The number of rotatable bonds is 4. The van der Waals surface area contributed by atoms with Gasteiger partial charge in [-0.1, -0.05) is 18.2 Å². The zero-order valence-electron chi connectivity index (χ0n) is 13.5. The van der Waals surface area contributed by atoms with Gasteiger partial charge in [-0.25, -0.2) is 4.68 Å². The number of nitrogens with zero attached hydrogens (tertiary/aromatic N) is 4. The average Bonchev–Trinajstić information content (AvgIpc) is 3.13. The van der Waals surface area contributed by atoms with Crippen LogP contribution in [-0.4, -0.2) is 73.4 Å². The first-order valence-electron chi connectivity index (χ1n) is 8.03. The van der Waals surface area contributed by atoms with E-state index >= 15 is 0 Å². The largest absolute Gasteiger partial charge is 0.393 e. The number of aliphatic hydroxyl groups excluding tert-OH is 1. The summed E-state index contributed by atoms with van der Waals surface area (Å²) in [6, 6.07) is 9.51. The Balaban J connectivity index is 1.47. The number of fused-ring (bicyclic) bond motifs is 1. The van der Waals surface area contributed by atoms with E-state index in [-0.39, 0.29) is 38.1 Å². The summed E-state index contributed by atoms with van der Waals surface area (Å²) in [6.45, 7) is 0.0682. The van der Waals surface area contributed by atoms with Crippen LogP contribution in [0.1, 0.15) is 16.1 Å². The number of amides is 2. The summed E-state index contributed by atoms with van der Waals surface area (Å²) >= 11 is 0. The lowest BCUT2D eigenvalue weighted by Crippen LogP contribution is -2.66. The van der Waals surface area contributed by atoms with Gasteiger partial charge in [0.25, 0.3) is 5.91 Å². The molecule has 0 unspecified atom stereocenters. The maximum absolute atomic E-state index is 12.5. The molecule has 1 aromatic heterocycles. The molecule has 1 saturated heterocycles. The van der Waals surface area contributed by atoms with Crippen LogP contribution in [0.25, 0.3) is 5.69 Å². The van der Waals surface area contributed by atoms with Crippen molar-refractivity contribution in [3.8, 4) is 5.69 Å².